The number of amidine groups is 1. The lowest BCUT2D eigenvalue weighted by Crippen LogP contribution is -2.33. The van der Waals surface area contributed by atoms with Crippen LogP contribution in [0.3, 0.4) is 0 Å². The van der Waals surface area contributed by atoms with Gasteiger partial charge >= 0.3 is 0 Å². The smallest absolute Gasteiger partial charge is 0.156 e. The molecule has 0 saturated carbocycles. The largest absolute Gasteiger partial charge is 0.307 e. The van der Waals surface area contributed by atoms with Crippen molar-refractivity contribution in [2.24, 2.45) is 10.8 Å². The van der Waals surface area contributed by atoms with Crippen LogP contribution in [0.2, 0.25) is 0 Å². The number of nitrogens with two attached hydrogens (primary N) is 1. The molecule has 6 heteroatoms. The van der Waals surface area contributed by atoms with Crippen LogP contribution in [0.15, 0.2) is 11.2 Å². The fraction of sp³-hybridized carbons (Fsp3) is 0.571. The van der Waals surface area contributed by atoms with Crippen LogP contribution in [0.5, 0.6) is 0 Å². The molecule has 0 bridgehead atoms. The molecule has 0 unspecified atom stereocenters. The van der Waals surface area contributed by atoms with Crippen LogP contribution < -0.4 is 11.3 Å². The molecule has 13 heavy (non-hydrogen) atoms. The number of nitrogens with zero attached hydrogens (tertiary/aromatic N) is 3. The van der Waals surface area contributed by atoms with E-state index >= 15 is 0 Å². The Labute approximate surface area is 81.2 Å². The van der Waals surface area contributed by atoms with Crippen LogP contribution in [0.1, 0.15) is 25.6 Å². The second kappa shape index (κ2) is 3.80. The first kappa shape index (κ1) is 10.1. The van der Waals surface area contributed by atoms with E-state index in [1.54, 1.807) is 6.20 Å². The van der Waals surface area contributed by atoms with E-state index in [1.807, 2.05) is 20.8 Å². The summed E-state index contributed by atoms with van der Waals surface area (Å²) in [5.41, 5.74) is 2.38. The molecule has 0 aliphatic heterocycles. The Hall–Kier alpha value is -1.01. The average Bonchev–Trinajstić information content (AvgIpc) is 2.50. The molecule has 0 aliphatic carbocycles. The summed E-state index contributed by atoms with van der Waals surface area (Å²) in [6.45, 7) is 6.00. The minimum absolute atomic E-state index is 0.161. The molecule has 0 fully saturated rings. The monoisotopic (exact) mass is 199 g/mol. The van der Waals surface area contributed by atoms with E-state index in [-0.39, 0.29) is 5.54 Å². The number of rotatable bonds is 1. The summed E-state index contributed by atoms with van der Waals surface area (Å²) in [7, 11) is 0. The summed E-state index contributed by atoms with van der Waals surface area (Å²) in [5.74, 6) is 5.97. The van der Waals surface area contributed by atoms with Crippen molar-refractivity contribution in [2.45, 2.75) is 26.3 Å². The van der Waals surface area contributed by atoms with Gasteiger partial charge in [0.05, 0.1) is 11.7 Å². The highest BCUT2D eigenvalue weighted by Gasteiger charge is 2.12. The van der Waals surface area contributed by atoms with Gasteiger partial charge in [0.2, 0.25) is 0 Å². The Morgan fingerprint density at radius 1 is 1.62 bits per heavy atom. The third kappa shape index (κ3) is 3.08. The van der Waals surface area contributed by atoms with Crippen LogP contribution in [0.4, 0.5) is 0 Å². The number of aromatic nitrogens is 2. The minimum Gasteiger partial charge on any atom is -0.307 e. The average molecular weight is 199 g/mol. The maximum atomic E-state index is 5.34. The first-order chi connectivity index (χ1) is 6.03. The van der Waals surface area contributed by atoms with Gasteiger partial charge in [-0.1, -0.05) is 4.49 Å². The molecule has 0 aliphatic rings. The summed E-state index contributed by atoms with van der Waals surface area (Å²) >= 11 is 1.26. The predicted molar refractivity (Wildman–Crippen MR) is 53.5 cm³/mol. The zero-order valence-electron chi connectivity index (χ0n) is 7.90. The van der Waals surface area contributed by atoms with Gasteiger partial charge in [0, 0.05) is 0 Å². The van der Waals surface area contributed by atoms with E-state index in [9.17, 15) is 0 Å². The van der Waals surface area contributed by atoms with Gasteiger partial charge in [0.1, 0.15) is 4.88 Å². The molecule has 1 rings (SSSR count). The van der Waals surface area contributed by atoms with Crippen molar-refractivity contribution in [1.29, 1.82) is 0 Å². The number of hydrogen-bond donors (Lipinski definition) is 2. The zero-order valence-corrected chi connectivity index (χ0v) is 8.72. The van der Waals surface area contributed by atoms with Crippen LogP contribution >= 0.6 is 11.5 Å². The third-order valence-corrected chi connectivity index (χ3v) is 1.85. The fourth-order valence-corrected chi connectivity index (χ4v) is 1.23. The molecular formula is C7H13N5S. The summed E-state index contributed by atoms with van der Waals surface area (Å²) in [6, 6.07) is 0. The number of hydrogen-bond acceptors (Lipinski definition) is 5. The van der Waals surface area contributed by atoms with Gasteiger partial charge in [0.25, 0.3) is 0 Å². The molecule has 0 aromatic carbocycles. The SMILES string of the molecule is CC(C)(C)N=C(NN)c1cnns1. The molecule has 1 aromatic rings. The molecule has 0 amide bonds. The van der Waals surface area contributed by atoms with Gasteiger partial charge in [0.15, 0.2) is 5.84 Å². The van der Waals surface area contributed by atoms with Gasteiger partial charge in [-0.25, -0.2) is 5.84 Å². The standard InChI is InChI=1S/C7H13N5S/c1-7(2,3)10-6(11-8)5-4-9-12-13-5/h4H,8H2,1-3H3,(H,10,11). The van der Waals surface area contributed by atoms with Crippen molar-refractivity contribution in [3.05, 3.63) is 11.1 Å². The molecule has 1 aromatic heterocycles. The van der Waals surface area contributed by atoms with Gasteiger partial charge in [-0.3, -0.25) is 4.99 Å². The van der Waals surface area contributed by atoms with E-state index in [2.05, 4.69) is 20.0 Å². The lowest BCUT2D eigenvalue weighted by Gasteiger charge is -2.14. The highest BCUT2D eigenvalue weighted by molar-refractivity contribution is 7.07. The maximum absolute atomic E-state index is 5.34. The molecule has 5 nitrogen and oxygen atoms in total. The summed E-state index contributed by atoms with van der Waals surface area (Å²) in [5, 5.41) is 3.71. The molecule has 1 heterocycles. The van der Waals surface area contributed by atoms with E-state index in [1.165, 1.54) is 11.5 Å². The highest BCUT2D eigenvalue weighted by Crippen LogP contribution is 2.10. The Balaban J connectivity index is 2.93. The van der Waals surface area contributed by atoms with Gasteiger partial charge in [-0.15, -0.1) is 5.10 Å². The van der Waals surface area contributed by atoms with Crippen molar-refractivity contribution in [3.8, 4) is 0 Å². The summed E-state index contributed by atoms with van der Waals surface area (Å²) in [6.07, 6.45) is 1.63. The molecular weight excluding hydrogens is 186 g/mol. The lowest BCUT2D eigenvalue weighted by molar-refractivity contribution is 0.580. The van der Waals surface area contributed by atoms with E-state index < -0.39 is 0 Å². The Bertz CT molecular complexity index is 284. The normalized spacial score (nSPS) is 13.1. The van der Waals surface area contributed by atoms with Crippen LogP contribution in [0.25, 0.3) is 0 Å². The molecule has 0 saturated heterocycles. The lowest BCUT2D eigenvalue weighted by atomic mass is 10.1. The maximum Gasteiger partial charge on any atom is 0.156 e. The summed E-state index contributed by atoms with van der Waals surface area (Å²) < 4.78 is 3.74. The molecule has 3 N–H and O–H groups in total. The first-order valence-electron chi connectivity index (χ1n) is 3.87. The number of nitrogens with one attached hydrogen (secondary N) is 1. The molecule has 72 valence electrons. The summed E-state index contributed by atoms with van der Waals surface area (Å²) in [4.78, 5) is 5.23. The molecule has 0 radical (unpaired) electrons. The quantitative estimate of drug-likeness (QED) is 0.300. The van der Waals surface area contributed by atoms with Crippen molar-refractivity contribution in [2.75, 3.05) is 0 Å². The van der Waals surface area contributed by atoms with E-state index in [0.717, 1.165) is 4.88 Å². The topological polar surface area (TPSA) is 76.2 Å². The van der Waals surface area contributed by atoms with Crippen LogP contribution in [-0.2, 0) is 0 Å². The van der Waals surface area contributed by atoms with Gasteiger partial charge in [-0.2, -0.15) is 0 Å². The van der Waals surface area contributed by atoms with E-state index in [4.69, 9.17) is 5.84 Å². The third-order valence-electron chi connectivity index (χ3n) is 1.18. The second-order valence-electron chi connectivity index (χ2n) is 3.56. The second-order valence-corrected chi connectivity index (χ2v) is 4.34. The van der Waals surface area contributed by atoms with Crippen molar-refractivity contribution < 1.29 is 0 Å². The van der Waals surface area contributed by atoms with Crippen LogP contribution in [-0.4, -0.2) is 21.0 Å². The Kier molecular flexibility index (Phi) is 2.94. The Morgan fingerprint density at radius 2 is 2.31 bits per heavy atom. The van der Waals surface area contributed by atoms with Gasteiger partial charge in [-0.05, 0) is 32.3 Å². The van der Waals surface area contributed by atoms with Crippen molar-refractivity contribution in [3.63, 3.8) is 0 Å². The molecule has 0 spiro atoms. The Morgan fingerprint density at radius 3 is 2.69 bits per heavy atom. The number of hydrazine groups is 1. The zero-order chi connectivity index (χ0) is 9.90. The van der Waals surface area contributed by atoms with Gasteiger partial charge < -0.3 is 5.43 Å². The van der Waals surface area contributed by atoms with E-state index in [0.29, 0.717) is 5.84 Å². The predicted octanol–water partition coefficient (Wildman–Crippen LogP) is 0.547. The van der Waals surface area contributed by atoms with Crippen LogP contribution in [0, 0.1) is 0 Å². The highest BCUT2D eigenvalue weighted by atomic mass is 32.1. The number of aliphatic imine (C=N–C) groups is 1. The first-order valence-corrected chi connectivity index (χ1v) is 4.64. The molecule has 0 atom stereocenters. The fourth-order valence-electron chi connectivity index (χ4n) is 0.765. The van der Waals surface area contributed by atoms with Crippen molar-refractivity contribution >= 4 is 17.4 Å². The van der Waals surface area contributed by atoms with Crippen molar-refractivity contribution in [1.82, 2.24) is 15.0 Å². The minimum atomic E-state index is -0.161.